The molecule has 2 aliphatic heterocycles. The van der Waals surface area contributed by atoms with Gasteiger partial charge < -0.3 is 10.2 Å². The molecule has 64 heavy (non-hydrogen) atoms. The van der Waals surface area contributed by atoms with Gasteiger partial charge in [-0.25, -0.2) is 0 Å². The highest BCUT2D eigenvalue weighted by molar-refractivity contribution is 6.30. The summed E-state index contributed by atoms with van der Waals surface area (Å²) in [6, 6.07) is 36.6. The van der Waals surface area contributed by atoms with Crippen molar-refractivity contribution in [3.63, 3.8) is 0 Å². The number of benzene rings is 6. The lowest BCUT2D eigenvalue weighted by molar-refractivity contribution is -0.385. The molecule has 2 unspecified atom stereocenters. The van der Waals surface area contributed by atoms with Gasteiger partial charge in [0.05, 0.1) is 9.85 Å². The van der Waals surface area contributed by atoms with E-state index in [2.05, 4.69) is 41.5 Å². The summed E-state index contributed by atoms with van der Waals surface area (Å²) in [5.41, 5.74) is 2.41. The molecule has 6 aromatic rings. The molecule has 2 heterocycles. The summed E-state index contributed by atoms with van der Waals surface area (Å²) in [7, 11) is 0. The van der Waals surface area contributed by atoms with E-state index in [1.165, 1.54) is 34.1 Å². The lowest BCUT2D eigenvalue weighted by atomic mass is 9.83. The Labute approximate surface area is 380 Å². The first-order chi connectivity index (χ1) is 30.0. The number of nitro benzene ring substituents is 2. The summed E-state index contributed by atoms with van der Waals surface area (Å²) in [6.07, 6.45) is 0. The molecular weight excluding hydrogens is 855 g/mol. The van der Waals surface area contributed by atoms with Crippen LogP contribution >= 0.6 is 23.2 Å². The number of nitro groups is 2. The number of aliphatic hydroxyl groups is 2. The Hall–Kier alpha value is -6.44. The van der Waals surface area contributed by atoms with E-state index in [0.29, 0.717) is 54.6 Å². The molecule has 0 fully saturated rings. The number of amides is 2. The first-order valence-electron chi connectivity index (χ1n) is 20.4. The highest BCUT2D eigenvalue weighted by Crippen LogP contribution is 2.46. The fourth-order valence-corrected chi connectivity index (χ4v) is 8.28. The third kappa shape index (κ3) is 8.49. The maximum Gasteiger partial charge on any atom is 0.269 e. The van der Waals surface area contributed by atoms with Crippen molar-refractivity contribution in [2.75, 3.05) is 0 Å². The molecule has 0 spiro atoms. The highest BCUT2D eigenvalue weighted by atomic mass is 35.5. The van der Waals surface area contributed by atoms with Gasteiger partial charge in [-0.2, -0.15) is 0 Å². The number of halogens is 2. The quantitative estimate of drug-likeness (QED) is 0.112. The van der Waals surface area contributed by atoms with Crippen LogP contribution in [-0.2, 0) is 35.4 Å². The lowest BCUT2D eigenvalue weighted by Crippen LogP contribution is -2.44. The molecule has 328 valence electrons. The summed E-state index contributed by atoms with van der Waals surface area (Å²) >= 11 is 12.1. The average molecular weight is 902 g/mol. The topological polar surface area (TPSA) is 167 Å². The molecule has 0 saturated carbocycles. The van der Waals surface area contributed by atoms with Crippen LogP contribution < -0.4 is 0 Å². The summed E-state index contributed by atoms with van der Waals surface area (Å²) in [6.45, 7) is 12.6. The molecule has 8 rings (SSSR count). The first-order valence-corrected chi connectivity index (χ1v) is 21.2. The zero-order valence-electron chi connectivity index (χ0n) is 36.0. The second-order valence-electron chi connectivity index (χ2n) is 18.0. The van der Waals surface area contributed by atoms with Crippen LogP contribution in [0.1, 0.15) is 107 Å². The predicted octanol–water partition coefficient (Wildman–Crippen LogP) is 10.8. The molecule has 0 bridgehead atoms. The van der Waals surface area contributed by atoms with Crippen LogP contribution in [0.4, 0.5) is 11.4 Å². The van der Waals surface area contributed by atoms with Gasteiger partial charge in [0, 0.05) is 80.8 Å². The van der Waals surface area contributed by atoms with E-state index in [1.807, 2.05) is 24.3 Å². The van der Waals surface area contributed by atoms with E-state index < -0.39 is 21.3 Å². The fourth-order valence-electron chi connectivity index (χ4n) is 8.02. The Bertz CT molecular complexity index is 2730. The van der Waals surface area contributed by atoms with Gasteiger partial charge in [0.2, 0.25) is 0 Å². The molecule has 2 aliphatic rings. The third-order valence-corrected chi connectivity index (χ3v) is 12.2. The molecule has 0 aromatic heterocycles. The van der Waals surface area contributed by atoms with Crippen molar-refractivity contribution in [3.05, 3.63) is 219 Å². The van der Waals surface area contributed by atoms with Crippen LogP contribution in [-0.4, -0.2) is 41.7 Å². The van der Waals surface area contributed by atoms with Crippen LogP contribution in [0.2, 0.25) is 10.0 Å². The zero-order chi connectivity index (χ0) is 46.5. The van der Waals surface area contributed by atoms with Crippen LogP contribution in [0.5, 0.6) is 0 Å². The number of carbonyl (C=O) groups excluding carboxylic acids is 2. The second-order valence-corrected chi connectivity index (χ2v) is 18.9. The van der Waals surface area contributed by atoms with E-state index in [1.54, 1.807) is 84.9 Å². The number of nitrogens with zero attached hydrogens (tertiary/aromatic N) is 4. The van der Waals surface area contributed by atoms with Crippen LogP contribution in [0, 0.1) is 20.2 Å². The maximum absolute atomic E-state index is 13.5. The number of carbonyl (C=O) groups is 2. The maximum atomic E-state index is 13.5. The fraction of sp³-hybridized carbons (Fsp3) is 0.240. The van der Waals surface area contributed by atoms with Crippen molar-refractivity contribution in [1.82, 2.24) is 9.80 Å². The molecule has 12 nitrogen and oxygen atoms in total. The SMILES string of the molecule is CC(C)(C)c1ccc2c(c1)C(=O)N(Cc1ccc([N+](=O)[O-])cc1)C2(O)c1ccc(Cl)cc1.CC(C)(C)c1ccc2c(c1)C(O)(c1ccc(Cl)cc1)N(Cc1ccc([N+](=O)[O-])cc1)C2=O. The molecule has 14 heteroatoms. The predicted molar refractivity (Wildman–Crippen MR) is 245 cm³/mol. The standard InChI is InChI=1S/2C25H23ClN2O4/c1-24(2,3)18-8-13-22-21(14-18)23(29)27(15-16-4-11-20(12-5-16)28(31)32)25(22,30)17-6-9-19(26)10-7-17;1-24(2,3)18-8-13-21-22(14-18)25(30,17-6-9-19(26)10-7-17)27(23(21)29)15-16-4-11-20(12-5-16)28(31)32/h2*4-14,30H,15H2,1-3H3. The van der Waals surface area contributed by atoms with Crippen LogP contribution in [0.3, 0.4) is 0 Å². The summed E-state index contributed by atoms with van der Waals surface area (Å²) in [5, 5.41) is 47.1. The van der Waals surface area contributed by atoms with Gasteiger partial charge in [0.15, 0.2) is 11.4 Å². The van der Waals surface area contributed by atoms with Gasteiger partial charge >= 0.3 is 0 Å². The van der Waals surface area contributed by atoms with Crippen molar-refractivity contribution in [2.24, 2.45) is 0 Å². The average Bonchev–Trinajstić information content (AvgIpc) is 3.60. The highest BCUT2D eigenvalue weighted by Gasteiger charge is 2.51. The van der Waals surface area contributed by atoms with Crippen molar-refractivity contribution in [3.8, 4) is 0 Å². The Kier molecular flexibility index (Phi) is 12.1. The molecule has 0 saturated heterocycles. The Morgan fingerprint density at radius 3 is 1.30 bits per heavy atom. The van der Waals surface area contributed by atoms with Crippen LogP contribution in [0.25, 0.3) is 0 Å². The second kappa shape index (κ2) is 16.9. The third-order valence-electron chi connectivity index (χ3n) is 11.7. The van der Waals surface area contributed by atoms with E-state index in [9.17, 15) is 40.0 Å². The largest absolute Gasteiger partial charge is 0.363 e. The molecule has 2 atom stereocenters. The lowest BCUT2D eigenvalue weighted by Gasteiger charge is -2.35. The molecular formula is C50H46Cl2N4O8. The van der Waals surface area contributed by atoms with Crippen molar-refractivity contribution in [2.45, 2.75) is 76.9 Å². The minimum absolute atomic E-state index is 0.0347. The smallest absolute Gasteiger partial charge is 0.269 e. The summed E-state index contributed by atoms with van der Waals surface area (Å²) in [5.74, 6) is -0.613. The van der Waals surface area contributed by atoms with Crippen molar-refractivity contribution >= 4 is 46.4 Å². The number of rotatable bonds is 8. The Morgan fingerprint density at radius 1 is 0.516 bits per heavy atom. The van der Waals surface area contributed by atoms with Gasteiger partial charge in [-0.05, 0) is 75.5 Å². The molecule has 0 aliphatic carbocycles. The Morgan fingerprint density at radius 2 is 0.891 bits per heavy atom. The molecule has 2 amide bonds. The minimum Gasteiger partial charge on any atom is -0.363 e. The number of hydrogen-bond acceptors (Lipinski definition) is 8. The van der Waals surface area contributed by atoms with Crippen molar-refractivity contribution < 1.29 is 29.6 Å². The molecule has 2 N–H and O–H groups in total. The van der Waals surface area contributed by atoms with E-state index in [-0.39, 0.29) is 47.1 Å². The van der Waals surface area contributed by atoms with Gasteiger partial charge in [-0.1, -0.05) is 131 Å². The number of hydrogen-bond donors (Lipinski definition) is 2. The van der Waals surface area contributed by atoms with Gasteiger partial charge in [-0.3, -0.25) is 39.6 Å². The Balaban J connectivity index is 0.000000191. The first kappa shape index (κ1) is 45.6. The molecule has 0 radical (unpaired) electrons. The normalized spacial score (nSPS) is 18.0. The number of non-ortho nitro benzene ring substituents is 2. The van der Waals surface area contributed by atoms with E-state index in [4.69, 9.17) is 23.2 Å². The van der Waals surface area contributed by atoms with Gasteiger partial charge in [0.1, 0.15) is 0 Å². The van der Waals surface area contributed by atoms with Crippen LogP contribution in [0.15, 0.2) is 133 Å². The van der Waals surface area contributed by atoms with E-state index >= 15 is 0 Å². The van der Waals surface area contributed by atoms with Gasteiger partial charge in [0.25, 0.3) is 23.2 Å². The zero-order valence-corrected chi connectivity index (χ0v) is 37.5. The number of fused-ring (bicyclic) bond motifs is 2. The molecule has 6 aromatic carbocycles. The summed E-state index contributed by atoms with van der Waals surface area (Å²) in [4.78, 5) is 50.8. The summed E-state index contributed by atoms with van der Waals surface area (Å²) < 4.78 is 0. The van der Waals surface area contributed by atoms with Gasteiger partial charge in [-0.15, -0.1) is 0 Å². The van der Waals surface area contributed by atoms with Crippen molar-refractivity contribution in [1.29, 1.82) is 0 Å². The monoisotopic (exact) mass is 900 g/mol. The van der Waals surface area contributed by atoms with E-state index in [0.717, 1.165) is 11.1 Å². The minimum atomic E-state index is -1.71.